The second-order valence-electron chi connectivity index (χ2n) is 4.14. The fourth-order valence-electron chi connectivity index (χ4n) is 1.73. The lowest BCUT2D eigenvalue weighted by molar-refractivity contribution is -0.139. The first-order valence-corrected chi connectivity index (χ1v) is 6.91. The Bertz CT molecular complexity index is 664. The highest BCUT2D eigenvalue weighted by Gasteiger charge is 2.23. The van der Waals surface area contributed by atoms with Gasteiger partial charge in [-0.05, 0) is 6.92 Å². The Labute approximate surface area is 124 Å². The maximum absolute atomic E-state index is 11.7. The number of hydrogen-bond donors (Lipinski definition) is 0. The highest BCUT2D eigenvalue weighted by molar-refractivity contribution is 7.09. The van der Waals surface area contributed by atoms with Crippen molar-refractivity contribution in [1.29, 1.82) is 0 Å². The summed E-state index contributed by atoms with van der Waals surface area (Å²) in [6.45, 7) is 2.21. The molecule has 0 radical (unpaired) electrons. The molecule has 0 atom stereocenters. The van der Waals surface area contributed by atoms with Crippen molar-refractivity contribution in [3.8, 4) is 0 Å². The molecule has 8 nitrogen and oxygen atoms in total. The summed E-state index contributed by atoms with van der Waals surface area (Å²) in [5.74, 6) is -1.13. The maximum atomic E-state index is 11.7. The van der Waals surface area contributed by atoms with E-state index in [1.54, 1.807) is 0 Å². The van der Waals surface area contributed by atoms with E-state index in [2.05, 4.69) is 24.8 Å². The minimum Gasteiger partial charge on any atom is -0.469 e. The van der Waals surface area contributed by atoms with Crippen LogP contribution >= 0.6 is 11.3 Å². The number of ether oxygens (including phenoxy) is 2. The average Bonchev–Trinajstić information content (AvgIpc) is 3.05. The predicted octanol–water partition coefficient (Wildman–Crippen LogP) is 0.593. The van der Waals surface area contributed by atoms with Crippen LogP contribution in [-0.2, 0) is 27.2 Å². The Morgan fingerprint density at radius 3 is 2.67 bits per heavy atom. The van der Waals surface area contributed by atoms with Crippen molar-refractivity contribution in [2.75, 3.05) is 14.2 Å². The van der Waals surface area contributed by atoms with Gasteiger partial charge in [0.25, 0.3) is 0 Å². The van der Waals surface area contributed by atoms with Crippen LogP contribution in [-0.4, -0.2) is 46.1 Å². The topological polar surface area (TPSA) is 96.2 Å². The smallest absolute Gasteiger partial charge is 0.360 e. The number of aromatic nitrogens is 4. The van der Waals surface area contributed by atoms with Crippen molar-refractivity contribution in [2.45, 2.75) is 19.9 Å². The summed E-state index contributed by atoms with van der Waals surface area (Å²) in [4.78, 5) is 27.5. The molecular weight excluding hydrogens is 296 g/mol. The van der Waals surface area contributed by atoms with Gasteiger partial charge in [0.15, 0.2) is 5.69 Å². The van der Waals surface area contributed by atoms with E-state index in [9.17, 15) is 9.59 Å². The molecule has 0 fully saturated rings. The molecule has 0 unspecified atom stereocenters. The molecule has 2 rings (SSSR count). The third-order valence-electron chi connectivity index (χ3n) is 2.73. The molecule has 21 heavy (non-hydrogen) atoms. The van der Waals surface area contributed by atoms with Gasteiger partial charge >= 0.3 is 11.9 Å². The summed E-state index contributed by atoms with van der Waals surface area (Å²) in [6, 6.07) is 0. The lowest BCUT2D eigenvalue weighted by Crippen LogP contribution is -2.15. The largest absolute Gasteiger partial charge is 0.469 e. The van der Waals surface area contributed by atoms with Gasteiger partial charge in [0, 0.05) is 5.38 Å². The van der Waals surface area contributed by atoms with E-state index in [0.29, 0.717) is 12.2 Å². The number of hydrogen-bond acceptors (Lipinski definition) is 8. The summed E-state index contributed by atoms with van der Waals surface area (Å²) in [5, 5.41) is 10.5. The standard InChI is InChI=1S/C12H14N4O4S/c1-7-13-8(6-21-7)5-16-9(4-10(17)19-2)11(14-15-16)12(18)20-3/h6H,4-5H2,1-3H3. The highest BCUT2D eigenvalue weighted by atomic mass is 32.1. The molecule has 112 valence electrons. The van der Waals surface area contributed by atoms with Gasteiger partial charge in [-0.25, -0.2) is 14.5 Å². The van der Waals surface area contributed by atoms with Crippen molar-refractivity contribution in [3.05, 3.63) is 27.5 Å². The van der Waals surface area contributed by atoms with Crippen LogP contribution in [0.4, 0.5) is 0 Å². The Balaban J connectivity index is 2.33. The number of aryl methyl sites for hydroxylation is 1. The van der Waals surface area contributed by atoms with Gasteiger partial charge < -0.3 is 9.47 Å². The van der Waals surface area contributed by atoms with Crippen molar-refractivity contribution in [3.63, 3.8) is 0 Å². The van der Waals surface area contributed by atoms with E-state index in [0.717, 1.165) is 10.7 Å². The number of thiazole rings is 1. The molecule has 0 aliphatic heterocycles. The van der Waals surface area contributed by atoms with Gasteiger partial charge in [-0.15, -0.1) is 16.4 Å². The molecule has 0 aliphatic rings. The predicted molar refractivity (Wildman–Crippen MR) is 73.0 cm³/mol. The third-order valence-corrected chi connectivity index (χ3v) is 3.56. The lowest BCUT2D eigenvalue weighted by Gasteiger charge is -2.05. The van der Waals surface area contributed by atoms with E-state index in [1.165, 1.54) is 30.2 Å². The minimum atomic E-state index is -0.644. The molecule has 0 N–H and O–H groups in total. The van der Waals surface area contributed by atoms with Gasteiger partial charge in [0.2, 0.25) is 0 Å². The van der Waals surface area contributed by atoms with Crippen molar-refractivity contribution in [2.24, 2.45) is 0 Å². The number of nitrogens with zero attached hydrogens (tertiary/aromatic N) is 4. The van der Waals surface area contributed by atoms with Gasteiger partial charge in [-0.1, -0.05) is 5.21 Å². The summed E-state index contributed by atoms with van der Waals surface area (Å²) in [7, 11) is 2.52. The fraction of sp³-hybridized carbons (Fsp3) is 0.417. The summed E-state index contributed by atoms with van der Waals surface area (Å²) >= 11 is 1.51. The second-order valence-corrected chi connectivity index (χ2v) is 5.21. The molecular formula is C12H14N4O4S. The first-order chi connectivity index (χ1) is 10.0. The molecule has 0 aliphatic carbocycles. The zero-order valence-electron chi connectivity index (χ0n) is 11.8. The van der Waals surface area contributed by atoms with E-state index in [-0.39, 0.29) is 12.1 Å². The van der Waals surface area contributed by atoms with Crippen LogP contribution in [0, 0.1) is 6.92 Å². The van der Waals surface area contributed by atoms with Crippen LogP contribution in [0.2, 0.25) is 0 Å². The first kappa shape index (κ1) is 15.1. The van der Waals surface area contributed by atoms with Crippen molar-refractivity contribution < 1.29 is 19.1 Å². The van der Waals surface area contributed by atoms with E-state index >= 15 is 0 Å². The fourth-order valence-corrected chi connectivity index (χ4v) is 2.34. The first-order valence-electron chi connectivity index (χ1n) is 6.03. The molecule has 0 saturated heterocycles. The molecule has 0 bridgehead atoms. The molecule has 0 saturated carbocycles. The number of carbonyl (C=O) groups excluding carboxylic acids is 2. The lowest BCUT2D eigenvalue weighted by atomic mass is 10.2. The Morgan fingerprint density at radius 2 is 2.10 bits per heavy atom. The van der Waals surface area contributed by atoms with Crippen molar-refractivity contribution in [1.82, 2.24) is 20.0 Å². The molecule has 0 amide bonds. The quantitative estimate of drug-likeness (QED) is 0.746. The molecule has 9 heteroatoms. The molecule has 2 aromatic heterocycles. The van der Waals surface area contributed by atoms with Gasteiger partial charge in [-0.3, -0.25) is 4.79 Å². The SMILES string of the molecule is COC(=O)Cc1c(C(=O)OC)nnn1Cc1csc(C)n1. The Hall–Kier alpha value is -2.29. The van der Waals surface area contributed by atoms with Crippen molar-refractivity contribution >= 4 is 23.3 Å². The number of rotatable bonds is 5. The molecule has 2 aromatic rings. The van der Waals surface area contributed by atoms with E-state index in [1.807, 2.05) is 12.3 Å². The van der Waals surface area contributed by atoms with Crippen LogP contribution in [0.1, 0.15) is 26.9 Å². The zero-order chi connectivity index (χ0) is 15.4. The van der Waals surface area contributed by atoms with E-state index < -0.39 is 11.9 Å². The van der Waals surface area contributed by atoms with Gasteiger partial charge in [0.05, 0.1) is 43.6 Å². The normalized spacial score (nSPS) is 10.4. The molecule has 0 aromatic carbocycles. The average molecular weight is 310 g/mol. The zero-order valence-corrected chi connectivity index (χ0v) is 12.6. The number of carbonyl (C=O) groups is 2. The third kappa shape index (κ3) is 3.43. The Morgan fingerprint density at radius 1 is 1.33 bits per heavy atom. The summed E-state index contributed by atoms with van der Waals surface area (Å²) in [6.07, 6.45) is -0.114. The molecule has 2 heterocycles. The number of methoxy groups -OCH3 is 2. The summed E-state index contributed by atoms with van der Waals surface area (Å²) < 4.78 is 10.7. The monoisotopic (exact) mass is 310 g/mol. The van der Waals surface area contributed by atoms with Gasteiger partial charge in [0.1, 0.15) is 0 Å². The van der Waals surface area contributed by atoms with Crippen LogP contribution < -0.4 is 0 Å². The van der Waals surface area contributed by atoms with Crippen LogP contribution in [0.15, 0.2) is 5.38 Å². The number of esters is 2. The Kier molecular flexibility index (Phi) is 4.63. The summed E-state index contributed by atoms with van der Waals surface area (Å²) in [5.41, 5.74) is 1.14. The van der Waals surface area contributed by atoms with Crippen LogP contribution in [0.25, 0.3) is 0 Å². The maximum Gasteiger partial charge on any atom is 0.360 e. The highest BCUT2D eigenvalue weighted by Crippen LogP contribution is 2.13. The second kappa shape index (κ2) is 6.44. The minimum absolute atomic E-state index is 0.00912. The van der Waals surface area contributed by atoms with Gasteiger partial charge in [-0.2, -0.15) is 0 Å². The molecule has 0 spiro atoms. The van der Waals surface area contributed by atoms with E-state index in [4.69, 9.17) is 0 Å². The van der Waals surface area contributed by atoms with Crippen LogP contribution in [0.5, 0.6) is 0 Å². The van der Waals surface area contributed by atoms with Crippen LogP contribution in [0.3, 0.4) is 0 Å².